The molecule has 1 atom stereocenters. The van der Waals surface area contributed by atoms with Crippen LogP contribution >= 0.6 is 0 Å². The van der Waals surface area contributed by atoms with Crippen LogP contribution in [0.3, 0.4) is 0 Å². The third-order valence-electron chi connectivity index (χ3n) is 7.42. The van der Waals surface area contributed by atoms with E-state index in [2.05, 4.69) is 16.4 Å². The number of benzene rings is 3. The Morgan fingerprint density at radius 3 is 1.83 bits per heavy atom. The fraction of sp³-hybridized carbons (Fsp3) is 0.432. The molecule has 260 valence electrons. The van der Waals surface area contributed by atoms with Gasteiger partial charge in [-0.2, -0.15) is 13.2 Å². The van der Waals surface area contributed by atoms with E-state index in [1.54, 1.807) is 24.3 Å². The zero-order valence-corrected chi connectivity index (χ0v) is 27.3. The normalized spacial score (nSPS) is 11.9. The van der Waals surface area contributed by atoms with Gasteiger partial charge in [0.15, 0.2) is 11.6 Å². The third-order valence-corrected chi connectivity index (χ3v) is 7.42. The minimum atomic E-state index is -5.17. The van der Waals surface area contributed by atoms with Gasteiger partial charge in [0.1, 0.15) is 5.75 Å². The second-order valence-corrected chi connectivity index (χ2v) is 11.3. The number of rotatable bonds is 19. The number of alkyl halides is 3. The maximum atomic E-state index is 14.7. The number of carbonyl (C=O) groups excluding carboxylic acids is 3. The van der Waals surface area contributed by atoms with Gasteiger partial charge >= 0.3 is 24.1 Å². The summed E-state index contributed by atoms with van der Waals surface area (Å²) < 4.78 is 75.0. The molecular weight excluding hydrogens is 632 g/mol. The lowest BCUT2D eigenvalue weighted by Crippen LogP contribution is -2.42. The topological polar surface area (TPSA) is 88.1 Å². The molecule has 0 radical (unpaired) electrons. The smallest absolute Gasteiger partial charge is 0.436 e. The molecule has 3 aromatic carbocycles. The average Bonchev–Trinajstić information content (AvgIpc) is 3.07. The molecule has 0 N–H and O–H groups in total. The van der Waals surface area contributed by atoms with Gasteiger partial charge in [-0.3, -0.25) is 0 Å². The monoisotopic (exact) mass is 674 g/mol. The van der Waals surface area contributed by atoms with Gasteiger partial charge in [-0.1, -0.05) is 83.4 Å². The first-order valence-electron chi connectivity index (χ1n) is 16.3. The molecule has 0 saturated carbocycles. The Bertz CT molecular complexity index is 1450. The van der Waals surface area contributed by atoms with Crippen LogP contribution in [0.1, 0.15) is 98.8 Å². The third kappa shape index (κ3) is 12.3. The van der Waals surface area contributed by atoms with Gasteiger partial charge in [0.25, 0.3) is 6.10 Å². The molecule has 3 aromatic rings. The van der Waals surface area contributed by atoms with E-state index in [0.29, 0.717) is 30.6 Å². The highest BCUT2D eigenvalue weighted by Gasteiger charge is 2.49. The van der Waals surface area contributed by atoms with Gasteiger partial charge in [0.2, 0.25) is 0 Å². The summed E-state index contributed by atoms with van der Waals surface area (Å²) in [5, 5.41) is 0. The van der Waals surface area contributed by atoms with E-state index in [4.69, 9.17) is 9.47 Å². The predicted octanol–water partition coefficient (Wildman–Crippen LogP) is 9.66. The van der Waals surface area contributed by atoms with Crippen molar-refractivity contribution in [2.75, 3.05) is 13.2 Å². The maximum absolute atomic E-state index is 14.7. The molecule has 0 bridgehead atoms. The number of halogens is 4. The fourth-order valence-electron chi connectivity index (χ4n) is 4.69. The van der Waals surface area contributed by atoms with Crippen LogP contribution in [0.4, 0.5) is 17.6 Å². The van der Waals surface area contributed by atoms with E-state index in [9.17, 15) is 31.9 Å². The van der Waals surface area contributed by atoms with Crippen LogP contribution in [0.25, 0.3) is 11.1 Å². The van der Waals surface area contributed by atoms with Crippen LogP contribution in [-0.2, 0) is 14.3 Å². The molecule has 7 nitrogen and oxygen atoms in total. The Morgan fingerprint density at radius 2 is 1.21 bits per heavy atom. The van der Waals surface area contributed by atoms with Crippen molar-refractivity contribution < 1.29 is 50.9 Å². The van der Waals surface area contributed by atoms with Crippen LogP contribution in [-0.4, -0.2) is 43.4 Å². The van der Waals surface area contributed by atoms with Gasteiger partial charge in [-0.15, -0.1) is 0 Å². The first-order chi connectivity index (χ1) is 23.0. The molecule has 0 amide bonds. The Kier molecular flexibility index (Phi) is 15.4. The summed E-state index contributed by atoms with van der Waals surface area (Å²) in [6.07, 6.45) is 1.22. The van der Waals surface area contributed by atoms with Gasteiger partial charge < -0.3 is 18.9 Å². The molecule has 0 saturated heterocycles. The Hall–Kier alpha value is -4.41. The molecular formula is C37H42F4O7. The van der Waals surface area contributed by atoms with E-state index >= 15 is 0 Å². The molecule has 0 aliphatic rings. The second kappa shape index (κ2) is 19.4. The summed E-state index contributed by atoms with van der Waals surface area (Å²) in [4.78, 5) is 37.1. The average molecular weight is 675 g/mol. The molecule has 1 unspecified atom stereocenters. The van der Waals surface area contributed by atoms with Crippen molar-refractivity contribution >= 4 is 17.9 Å². The van der Waals surface area contributed by atoms with Crippen molar-refractivity contribution in [1.29, 1.82) is 0 Å². The van der Waals surface area contributed by atoms with Crippen LogP contribution in [0.5, 0.6) is 11.5 Å². The van der Waals surface area contributed by atoms with Crippen LogP contribution in [0.15, 0.2) is 66.7 Å². The summed E-state index contributed by atoms with van der Waals surface area (Å²) in [5.41, 5.74) is 1.14. The quantitative estimate of drug-likeness (QED) is 0.0542. The van der Waals surface area contributed by atoms with E-state index < -0.39 is 36.0 Å². The summed E-state index contributed by atoms with van der Waals surface area (Å²) in [6.45, 7) is 4.35. The summed E-state index contributed by atoms with van der Waals surface area (Å²) in [5.74, 6) is -4.12. The molecule has 3 rings (SSSR count). The lowest BCUT2D eigenvalue weighted by molar-refractivity contribution is -0.218. The zero-order valence-electron chi connectivity index (χ0n) is 27.3. The summed E-state index contributed by atoms with van der Waals surface area (Å²) in [7, 11) is 0. The molecule has 0 aromatic heterocycles. The van der Waals surface area contributed by atoms with Gasteiger partial charge in [-0.25, -0.2) is 18.8 Å². The minimum absolute atomic E-state index is 0.0121. The number of unbranched alkanes of at least 4 members (excludes halogenated alkanes) is 8. The number of hydrogen-bond acceptors (Lipinski definition) is 7. The van der Waals surface area contributed by atoms with Crippen molar-refractivity contribution in [2.45, 2.75) is 90.3 Å². The lowest BCUT2D eigenvalue weighted by Gasteiger charge is -2.19. The van der Waals surface area contributed by atoms with Crippen molar-refractivity contribution in [3.63, 3.8) is 0 Å². The lowest BCUT2D eigenvalue weighted by atomic mass is 10.0. The Labute approximate surface area is 278 Å². The number of carbonyl (C=O) groups is 3. The van der Waals surface area contributed by atoms with E-state index in [1.165, 1.54) is 49.6 Å². The van der Waals surface area contributed by atoms with Crippen LogP contribution in [0, 0.1) is 5.82 Å². The second-order valence-electron chi connectivity index (χ2n) is 11.3. The highest BCUT2D eigenvalue weighted by molar-refractivity contribution is 5.93. The first-order valence-corrected chi connectivity index (χ1v) is 16.3. The highest BCUT2D eigenvalue weighted by Crippen LogP contribution is 2.28. The van der Waals surface area contributed by atoms with Gasteiger partial charge in [0, 0.05) is 0 Å². The standard InChI is InChI=1S/C37H42F4O7/c1-3-5-7-9-10-12-23-45-32-22-19-29(25-31(32)38)26-13-15-27(16-14-26)34(42)47-30-20-17-28(18-21-30)35(43)48-33(37(39,40)41)36(44)46-24-11-8-6-4-2/h13-22,25,33H,3-12,23-24H2,1-2H3. The number of hydrogen-bond donors (Lipinski definition) is 0. The van der Waals surface area contributed by atoms with E-state index in [-0.39, 0.29) is 29.2 Å². The van der Waals surface area contributed by atoms with Gasteiger partial charge in [-0.05, 0) is 72.5 Å². The first kappa shape index (κ1) is 38.0. The molecule has 11 heteroatoms. The molecule has 0 fully saturated rings. The van der Waals surface area contributed by atoms with Crippen molar-refractivity contribution in [1.82, 2.24) is 0 Å². The van der Waals surface area contributed by atoms with E-state index in [0.717, 1.165) is 44.2 Å². The highest BCUT2D eigenvalue weighted by atomic mass is 19.4. The zero-order chi connectivity index (χ0) is 34.9. The number of ether oxygens (including phenoxy) is 4. The van der Waals surface area contributed by atoms with Gasteiger partial charge in [0.05, 0.1) is 24.3 Å². The van der Waals surface area contributed by atoms with Crippen molar-refractivity contribution in [3.05, 3.63) is 83.7 Å². The molecule has 0 spiro atoms. The molecule has 0 heterocycles. The summed E-state index contributed by atoms with van der Waals surface area (Å²) >= 11 is 0. The summed E-state index contributed by atoms with van der Waals surface area (Å²) in [6, 6.07) is 15.6. The largest absolute Gasteiger partial charge is 0.491 e. The maximum Gasteiger partial charge on any atom is 0.436 e. The van der Waals surface area contributed by atoms with Crippen molar-refractivity contribution in [3.8, 4) is 22.6 Å². The molecule has 48 heavy (non-hydrogen) atoms. The molecule has 0 aliphatic heterocycles. The Balaban J connectivity index is 1.53. The Morgan fingerprint density at radius 1 is 0.667 bits per heavy atom. The SMILES string of the molecule is CCCCCCCCOc1ccc(-c2ccc(C(=O)Oc3ccc(C(=O)OC(C(=O)OCCCCCC)C(F)(F)F)cc3)cc2)cc1F. The minimum Gasteiger partial charge on any atom is -0.491 e. The van der Waals surface area contributed by atoms with Crippen LogP contribution < -0.4 is 9.47 Å². The fourth-order valence-corrected chi connectivity index (χ4v) is 4.69. The van der Waals surface area contributed by atoms with Crippen LogP contribution in [0.2, 0.25) is 0 Å². The van der Waals surface area contributed by atoms with Crippen molar-refractivity contribution in [2.24, 2.45) is 0 Å². The molecule has 0 aliphatic carbocycles. The van der Waals surface area contributed by atoms with E-state index in [1.807, 2.05) is 6.92 Å². The predicted molar refractivity (Wildman–Crippen MR) is 172 cm³/mol. The number of esters is 3.